The first kappa shape index (κ1) is 12.3. The molecule has 0 amide bonds. The summed E-state index contributed by atoms with van der Waals surface area (Å²) in [5, 5.41) is 20.5. The van der Waals surface area contributed by atoms with Crippen molar-refractivity contribution in [2.75, 3.05) is 0 Å². The minimum atomic E-state index is -0.918. The van der Waals surface area contributed by atoms with Crippen molar-refractivity contribution in [1.82, 2.24) is 4.98 Å². The number of aromatic nitrogens is 1. The molecular weight excluding hydrogens is 263 g/mol. The van der Waals surface area contributed by atoms with Gasteiger partial charge in [0.25, 0.3) is 5.69 Å². The molecule has 0 spiro atoms. The number of pyridine rings is 1. The number of phenolic OH excluding ortho intramolecular Hbond substituents is 1. The zero-order valence-corrected chi connectivity index (χ0v) is 9.56. The summed E-state index contributed by atoms with van der Waals surface area (Å²) in [4.78, 5) is 13.2. The molecule has 0 saturated carbocycles. The highest BCUT2D eigenvalue weighted by Gasteiger charge is 2.16. The highest BCUT2D eigenvalue weighted by Crippen LogP contribution is 2.34. The molecule has 0 fully saturated rings. The lowest BCUT2D eigenvalue weighted by atomic mass is 10.1. The monoisotopic (exact) mass is 268 g/mol. The predicted octanol–water partition coefficient (Wildman–Crippen LogP) is 3.15. The van der Waals surface area contributed by atoms with Gasteiger partial charge in [-0.3, -0.25) is 10.1 Å². The van der Waals surface area contributed by atoms with Crippen molar-refractivity contribution in [2.45, 2.75) is 0 Å². The van der Waals surface area contributed by atoms with Gasteiger partial charge < -0.3 is 5.11 Å². The summed E-state index contributed by atoms with van der Waals surface area (Å²) in [5.41, 5.74) is -0.494. The van der Waals surface area contributed by atoms with E-state index in [4.69, 9.17) is 11.6 Å². The van der Waals surface area contributed by atoms with E-state index in [1.807, 2.05) is 0 Å². The molecule has 0 aliphatic rings. The second-order valence-electron chi connectivity index (χ2n) is 3.45. The van der Waals surface area contributed by atoms with E-state index in [-0.39, 0.29) is 27.6 Å². The van der Waals surface area contributed by atoms with Crippen molar-refractivity contribution < 1.29 is 14.4 Å². The SMILES string of the molecule is O=[N+]([O-])c1cnc(F)c(-c2cc(Cl)ccc2O)c1. The molecule has 18 heavy (non-hydrogen) atoms. The molecule has 2 aromatic rings. The summed E-state index contributed by atoms with van der Waals surface area (Å²) < 4.78 is 13.5. The summed E-state index contributed by atoms with van der Waals surface area (Å²) in [6, 6.07) is 4.99. The summed E-state index contributed by atoms with van der Waals surface area (Å²) in [6.07, 6.45) is 0.806. The normalized spacial score (nSPS) is 10.3. The maximum absolute atomic E-state index is 13.5. The number of benzene rings is 1. The third kappa shape index (κ3) is 2.23. The van der Waals surface area contributed by atoms with Crippen LogP contribution in [0.1, 0.15) is 0 Å². The van der Waals surface area contributed by atoms with Crippen LogP contribution >= 0.6 is 11.6 Å². The molecule has 0 aliphatic heterocycles. The lowest BCUT2D eigenvalue weighted by molar-refractivity contribution is -0.385. The molecule has 5 nitrogen and oxygen atoms in total. The van der Waals surface area contributed by atoms with Gasteiger partial charge in [0, 0.05) is 22.2 Å². The number of nitrogens with zero attached hydrogens (tertiary/aromatic N) is 2. The standard InChI is InChI=1S/C11H6ClFN2O3/c12-6-1-2-10(16)8(3-6)9-4-7(15(17)18)5-14-11(9)13/h1-5,16H. The zero-order valence-electron chi connectivity index (χ0n) is 8.80. The molecule has 1 heterocycles. The number of nitro groups is 1. The fourth-order valence-corrected chi connectivity index (χ4v) is 1.62. The van der Waals surface area contributed by atoms with Crippen LogP contribution in [0.2, 0.25) is 5.02 Å². The Labute approximate surface area is 106 Å². The van der Waals surface area contributed by atoms with Crippen LogP contribution in [-0.2, 0) is 0 Å². The smallest absolute Gasteiger partial charge is 0.288 e. The van der Waals surface area contributed by atoms with Gasteiger partial charge in [0.2, 0.25) is 5.95 Å². The maximum atomic E-state index is 13.5. The van der Waals surface area contributed by atoms with Crippen LogP contribution in [-0.4, -0.2) is 15.0 Å². The van der Waals surface area contributed by atoms with Crippen molar-refractivity contribution in [2.24, 2.45) is 0 Å². The Morgan fingerprint density at radius 2 is 2.06 bits per heavy atom. The number of hydrogen-bond acceptors (Lipinski definition) is 4. The number of hydrogen-bond donors (Lipinski definition) is 1. The summed E-state index contributed by atoms with van der Waals surface area (Å²) in [6.45, 7) is 0. The number of rotatable bonds is 2. The zero-order chi connectivity index (χ0) is 13.3. The lowest BCUT2D eigenvalue weighted by Crippen LogP contribution is -1.94. The van der Waals surface area contributed by atoms with Gasteiger partial charge in [-0.15, -0.1) is 0 Å². The molecule has 2 rings (SSSR count). The molecule has 0 bridgehead atoms. The Morgan fingerprint density at radius 3 is 2.72 bits per heavy atom. The van der Waals surface area contributed by atoms with Crippen LogP contribution in [0.25, 0.3) is 11.1 Å². The fraction of sp³-hybridized carbons (Fsp3) is 0. The highest BCUT2D eigenvalue weighted by molar-refractivity contribution is 6.31. The second-order valence-corrected chi connectivity index (χ2v) is 3.89. The number of aromatic hydroxyl groups is 1. The number of phenols is 1. The predicted molar refractivity (Wildman–Crippen MR) is 63.0 cm³/mol. The third-order valence-electron chi connectivity index (χ3n) is 2.28. The molecular formula is C11H6ClFN2O3. The van der Waals surface area contributed by atoms with E-state index in [0.29, 0.717) is 0 Å². The average molecular weight is 269 g/mol. The quantitative estimate of drug-likeness (QED) is 0.516. The van der Waals surface area contributed by atoms with Gasteiger partial charge in [-0.1, -0.05) is 11.6 Å². The van der Waals surface area contributed by atoms with E-state index in [2.05, 4.69) is 4.98 Å². The maximum Gasteiger partial charge on any atom is 0.288 e. The first-order valence-electron chi connectivity index (χ1n) is 4.78. The van der Waals surface area contributed by atoms with Crippen LogP contribution in [0.4, 0.5) is 10.1 Å². The van der Waals surface area contributed by atoms with Crippen molar-refractivity contribution in [3.05, 3.63) is 51.5 Å². The van der Waals surface area contributed by atoms with E-state index in [1.54, 1.807) is 0 Å². The van der Waals surface area contributed by atoms with Crippen LogP contribution in [0.5, 0.6) is 5.75 Å². The van der Waals surface area contributed by atoms with Crippen molar-refractivity contribution in [1.29, 1.82) is 0 Å². The van der Waals surface area contributed by atoms with E-state index < -0.39 is 10.9 Å². The lowest BCUT2D eigenvalue weighted by Gasteiger charge is -2.05. The first-order valence-corrected chi connectivity index (χ1v) is 5.15. The van der Waals surface area contributed by atoms with Gasteiger partial charge in [0.1, 0.15) is 11.9 Å². The van der Waals surface area contributed by atoms with Crippen LogP contribution in [0.3, 0.4) is 0 Å². The molecule has 1 aromatic heterocycles. The Morgan fingerprint density at radius 1 is 1.33 bits per heavy atom. The summed E-state index contributed by atoms with van der Waals surface area (Å²) in [5.74, 6) is -1.15. The molecule has 1 N–H and O–H groups in total. The Balaban J connectivity index is 2.66. The summed E-state index contributed by atoms with van der Waals surface area (Å²) >= 11 is 5.73. The molecule has 0 saturated heterocycles. The summed E-state index contributed by atoms with van der Waals surface area (Å²) in [7, 11) is 0. The average Bonchev–Trinajstić information content (AvgIpc) is 2.33. The Kier molecular flexibility index (Phi) is 3.12. The van der Waals surface area contributed by atoms with Gasteiger partial charge in [0.15, 0.2) is 0 Å². The van der Waals surface area contributed by atoms with Gasteiger partial charge in [0.05, 0.1) is 4.92 Å². The molecule has 0 atom stereocenters. The van der Waals surface area contributed by atoms with Crippen molar-refractivity contribution in [3.63, 3.8) is 0 Å². The fourth-order valence-electron chi connectivity index (χ4n) is 1.45. The molecule has 0 unspecified atom stereocenters. The van der Waals surface area contributed by atoms with Crippen LogP contribution in [0.15, 0.2) is 30.5 Å². The van der Waals surface area contributed by atoms with E-state index in [9.17, 15) is 19.6 Å². The van der Waals surface area contributed by atoms with Crippen molar-refractivity contribution in [3.8, 4) is 16.9 Å². The minimum Gasteiger partial charge on any atom is -0.507 e. The van der Waals surface area contributed by atoms with Gasteiger partial charge in [-0.2, -0.15) is 4.39 Å². The van der Waals surface area contributed by atoms with Gasteiger partial charge >= 0.3 is 0 Å². The third-order valence-corrected chi connectivity index (χ3v) is 2.52. The van der Waals surface area contributed by atoms with Crippen LogP contribution in [0, 0.1) is 16.1 Å². The number of halogens is 2. The topological polar surface area (TPSA) is 76.3 Å². The molecule has 1 aromatic carbocycles. The van der Waals surface area contributed by atoms with E-state index in [1.165, 1.54) is 18.2 Å². The van der Waals surface area contributed by atoms with E-state index in [0.717, 1.165) is 12.3 Å². The van der Waals surface area contributed by atoms with Gasteiger partial charge in [-0.25, -0.2) is 4.98 Å². The Hall–Kier alpha value is -2.21. The first-order chi connectivity index (χ1) is 8.49. The Bertz CT molecular complexity index is 634. The second kappa shape index (κ2) is 4.58. The van der Waals surface area contributed by atoms with Crippen LogP contribution < -0.4 is 0 Å². The largest absolute Gasteiger partial charge is 0.507 e. The van der Waals surface area contributed by atoms with Gasteiger partial charge in [-0.05, 0) is 18.2 Å². The molecule has 0 radical (unpaired) electrons. The molecule has 0 aliphatic carbocycles. The van der Waals surface area contributed by atoms with Crippen molar-refractivity contribution >= 4 is 17.3 Å². The minimum absolute atomic E-state index is 0.0520. The highest BCUT2D eigenvalue weighted by atomic mass is 35.5. The van der Waals surface area contributed by atoms with E-state index >= 15 is 0 Å². The molecule has 92 valence electrons. The molecule has 7 heteroatoms.